The summed E-state index contributed by atoms with van der Waals surface area (Å²) in [7, 11) is 0. The minimum absolute atomic E-state index is 0.0341. The number of nitrogens with zero attached hydrogens (tertiary/aromatic N) is 2. The highest BCUT2D eigenvalue weighted by Crippen LogP contribution is 2.35. The Bertz CT molecular complexity index is 1070. The Morgan fingerprint density at radius 2 is 1.83 bits per heavy atom. The first-order valence-corrected chi connectivity index (χ1v) is 11.0. The number of para-hydroxylation sites is 1. The molecule has 146 valence electrons. The van der Waals surface area contributed by atoms with Gasteiger partial charge in [-0.2, -0.15) is 0 Å². The highest BCUT2D eigenvalue weighted by Gasteiger charge is 2.33. The average Bonchev–Trinajstić information content (AvgIpc) is 3.30. The maximum absolute atomic E-state index is 12.9. The number of carbonyl (C=O) groups is 1. The molecule has 1 saturated heterocycles. The molecule has 1 fully saturated rings. The largest absolute Gasteiger partial charge is 0.457 e. The van der Waals surface area contributed by atoms with Gasteiger partial charge in [-0.15, -0.1) is 0 Å². The Kier molecular flexibility index (Phi) is 6.02. The highest BCUT2D eigenvalue weighted by atomic mass is 79.9. The van der Waals surface area contributed by atoms with Gasteiger partial charge in [-0.1, -0.05) is 53.2 Å². The molecule has 0 aliphatic carbocycles. The summed E-state index contributed by atoms with van der Waals surface area (Å²) in [6, 6.07) is 21.4. The number of furan rings is 1. The standard InChI is InChI=1S/C23H19BrN2O2S/c1-2-14-26-22(27)21(29-23(26)25-18-6-4-3-5-7-18)15-19-12-13-20(28-19)16-8-10-17(24)11-9-16/h3-13,15H,2,14H2,1H3/b21-15+,25-23?. The highest BCUT2D eigenvalue weighted by molar-refractivity contribution is 9.10. The van der Waals surface area contributed by atoms with Crippen molar-refractivity contribution >= 4 is 50.5 Å². The number of benzene rings is 2. The van der Waals surface area contributed by atoms with Crippen LogP contribution in [0.15, 0.2) is 85.5 Å². The number of aliphatic imine (C=N–C) groups is 1. The summed E-state index contributed by atoms with van der Waals surface area (Å²) in [6.07, 6.45) is 2.66. The molecule has 1 amide bonds. The fourth-order valence-electron chi connectivity index (χ4n) is 2.95. The Hall–Kier alpha value is -2.57. The molecule has 0 N–H and O–H groups in total. The number of hydrogen-bond acceptors (Lipinski definition) is 4. The Morgan fingerprint density at radius 3 is 2.55 bits per heavy atom. The van der Waals surface area contributed by atoms with Crippen LogP contribution in [0, 0.1) is 0 Å². The third kappa shape index (κ3) is 4.54. The van der Waals surface area contributed by atoms with E-state index < -0.39 is 0 Å². The summed E-state index contributed by atoms with van der Waals surface area (Å²) >= 11 is 4.82. The molecule has 0 unspecified atom stereocenters. The Labute approximate surface area is 182 Å². The van der Waals surface area contributed by atoms with Crippen LogP contribution < -0.4 is 0 Å². The molecule has 0 saturated carbocycles. The third-order valence-corrected chi connectivity index (χ3v) is 5.88. The smallest absolute Gasteiger partial charge is 0.266 e. The first-order chi connectivity index (χ1) is 14.1. The van der Waals surface area contributed by atoms with Crippen molar-refractivity contribution in [1.29, 1.82) is 0 Å². The van der Waals surface area contributed by atoms with Gasteiger partial charge in [-0.05, 0) is 54.6 Å². The van der Waals surface area contributed by atoms with Crippen molar-refractivity contribution in [2.24, 2.45) is 4.99 Å². The number of rotatable bonds is 5. The van der Waals surface area contributed by atoms with Gasteiger partial charge in [0.25, 0.3) is 5.91 Å². The van der Waals surface area contributed by atoms with E-state index in [-0.39, 0.29) is 5.91 Å². The molecule has 2 aromatic carbocycles. The van der Waals surface area contributed by atoms with Gasteiger partial charge in [0.2, 0.25) is 0 Å². The quantitative estimate of drug-likeness (QED) is 0.391. The summed E-state index contributed by atoms with van der Waals surface area (Å²) in [6.45, 7) is 2.69. The van der Waals surface area contributed by atoms with E-state index in [1.165, 1.54) is 11.8 Å². The van der Waals surface area contributed by atoms with Crippen molar-refractivity contribution in [3.05, 3.63) is 81.9 Å². The number of carbonyl (C=O) groups excluding carboxylic acids is 1. The fourth-order valence-corrected chi connectivity index (χ4v) is 4.22. The molecule has 4 rings (SSSR count). The zero-order chi connectivity index (χ0) is 20.2. The van der Waals surface area contributed by atoms with Crippen molar-refractivity contribution in [2.75, 3.05) is 6.54 Å². The molecule has 0 atom stereocenters. The molecule has 29 heavy (non-hydrogen) atoms. The lowest BCUT2D eigenvalue weighted by atomic mass is 10.2. The van der Waals surface area contributed by atoms with Crippen LogP contribution in [0.25, 0.3) is 17.4 Å². The second kappa shape index (κ2) is 8.84. The Morgan fingerprint density at radius 1 is 1.07 bits per heavy atom. The first-order valence-electron chi connectivity index (χ1n) is 9.35. The monoisotopic (exact) mass is 466 g/mol. The molecule has 1 aliphatic rings. The van der Waals surface area contributed by atoms with E-state index >= 15 is 0 Å². The van der Waals surface area contributed by atoms with Crippen LogP contribution in [-0.4, -0.2) is 22.5 Å². The van der Waals surface area contributed by atoms with Crippen molar-refractivity contribution in [3.63, 3.8) is 0 Å². The average molecular weight is 467 g/mol. The predicted molar refractivity (Wildman–Crippen MR) is 123 cm³/mol. The molecule has 2 heterocycles. The van der Waals surface area contributed by atoms with Crippen LogP contribution in [-0.2, 0) is 4.79 Å². The zero-order valence-corrected chi connectivity index (χ0v) is 18.2. The Balaban J connectivity index is 1.61. The van der Waals surface area contributed by atoms with Gasteiger partial charge >= 0.3 is 0 Å². The van der Waals surface area contributed by atoms with E-state index in [1.807, 2.05) is 66.7 Å². The van der Waals surface area contributed by atoms with Gasteiger partial charge in [-0.25, -0.2) is 4.99 Å². The van der Waals surface area contributed by atoms with E-state index in [4.69, 9.17) is 4.42 Å². The molecule has 0 spiro atoms. The van der Waals surface area contributed by atoms with Gasteiger partial charge in [0.1, 0.15) is 11.5 Å². The maximum atomic E-state index is 12.9. The van der Waals surface area contributed by atoms with Crippen LogP contribution in [0.4, 0.5) is 5.69 Å². The summed E-state index contributed by atoms with van der Waals surface area (Å²) in [5.74, 6) is 1.38. The lowest BCUT2D eigenvalue weighted by molar-refractivity contribution is -0.122. The minimum atomic E-state index is -0.0341. The zero-order valence-electron chi connectivity index (χ0n) is 15.8. The van der Waals surface area contributed by atoms with E-state index in [9.17, 15) is 4.79 Å². The SMILES string of the molecule is CCCN1C(=O)/C(=C\c2ccc(-c3ccc(Br)cc3)o2)SC1=Nc1ccccc1. The van der Waals surface area contributed by atoms with Crippen LogP contribution in [0.2, 0.25) is 0 Å². The summed E-state index contributed by atoms with van der Waals surface area (Å²) in [5, 5.41) is 0.703. The maximum Gasteiger partial charge on any atom is 0.266 e. The number of hydrogen-bond donors (Lipinski definition) is 0. The van der Waals surface area contributed by atoms with Crippen LogP contribution in [0.5, 0.6) is 0 Å². The van der Waals surface area contributed by atoms with Gasteiger partial charge in [-0.3, -0.25) is 9.69 Å². The normalized spacial score (nSPS) is 16.9. The minimum Gasteiger partial charge on any atom is -0.457 e. The predicted octanol–water partition coefficient (Wildman–Crippen LogP) is 6.72. The van der Waals surface area contributed by atoms with Gasteiger partial charge in [0.05, 0.1) is 10.6 Å². The van der Waals surface area contributed by atoms with Crippen molar-refractivity contribution < 1.29 is 9.21 Å². The third-order valence-electron chi connectivity index (χ3n) is 4.35. The van der Waals surface area contributed by atoms with Crippen molar-refractivity contribution in [3.8, 4) is 11.3 Å². The lowest BCUT2D eigenvalue weighted by Crippen LogP contribution is -2.29. The molecule has 1 aliphatic heterocycles. The molecule has 0 bridgehead atoms. The molecular formula is C23H19BrN2O2S. The molecule has 0 radical (unpaired) electrons. The van der Waals surface area contributed by atoms with E-state index in [2.05, 4.69) is 27.8 Å². The van der Waals surface area contributed by atoms with Gasteiger partial charge < -0.3 is 4.42 Å². The van der Waals surface area contributed by atoms with E-state index in [1.54, 1.807) is 11.0 Å². The first kappa shape index (κ1) is 19.7. The second-order valence-electron chi connectivity index (χ2n) is 6.51. The number of amides is 1. The van der Waals surface area contributed by atoms with Crippen LogP contribution in [0.3, 0.4) is 0 Å². The van der Waals surface area contributed by atoms with Gasteiger partial charge in [0, 0.05) is 22.7 Å². The second-order valence-corrected chi connectivity index (χ2v) is 8.43. The molecule has 1 aromatic heterocycles. The van der Waals surface area contributed by atoms with Crippen molar-refractivity contribution in [1.82, 2.24) is 4.90 Å². The van der Waals surface area contributed by atoms with E-state index in [0.717, 1.165) is 27.9 Å². The summed E-state index contributed by atoms with van der Waals surface area (Å²) in [5.41, 5.74) is 1.82. The fraction of sp³-hybridized carbons (Fsp3) is 0.130. The molecule has 6 heteroatoms. The lowest BCUT2D eigenvalue weighted by Gasteiger charge is -2.13. The van der Waals surface area contributed by atoms with Crippen LogP contribution >= 0.6 is 27.7 Å². The van der Waals surface area contributed by atoms with E-state index in [0.29, 0.717) is 22.4 Å². The number of halogens is 1. The molecule has 4 nitrogen and oxygen atoms in total. The molecule has 3 aromatic rings. The van der Waals surface area contributed by atoms with Crippen molar-refractivity contribution in [2.45, 2.75) is 13.3 Å². The topological polar surface area (TPSA) is 45.8 Å². The summed E-state index contributed by atoms with van der Waals surface area (Å²) in [4.78, 5) is 19.9. The number of thioether (sulfide) groups is 1. The molecular weight excluding hydrogens is 448 g/mol. The van der Waals surface area contributed by atoms with Crippen LogP contribution in [0.1, 0.15) is 19.1 Å². The number of amidine groups is 1. The summed E-state index contributed by atoms with van der Waals surface area (Å²) < 4.78 is 6.97. The van der Waals surface area contributed by atoms with Gasteiger partial charge in [0.15, 0.2) is 5.17 Å².